The summed E-state index contributed by atoms with van der Waals surface area (Å²) in [6, 6.07) is 14.7. The van der Waals surface area contributed by atoms with Crippen LogP contribution in [-0.4, -0.2) is 38.2 Å². The van der Waals surface area contributed by atoms with Gasteiger partial charge in [-0.2, -0.15) is 0 Å². The molecule has 0 spiro atoms. The highest BCUT2D eigenvalue weighted by atomic mass is 16.5. The first kappa shape index (κ1) is 22.3. The molecular weight excluding hydrogens is 370 g/mol. The van der Waals surface area contributed by atoms with Gasteiger partial charge in [0, 0.05) is 6.54 Å². The second kappa shape index (κ2) is 11.7. The molecule has 0 unspecified atom stereocenters. The molecule has 29 heavy (non-hydrogen) atoms. The van der Waals surface area contributed by atoms with Gasteiger partial charge in [0.1, 0.15) is 0 Å². The monoisotopic (exact) mass is 399 g/mol. The highest BCUT2D eigenvalue weighted by molar-refractivity contribution is 5.92. The molecule has 0 atom stereocenters. The summed E-state index contributed by atoms with van der Waals surface area (Å²) in [6.45, 7) is 7.11. The second-order valence-electron chi connectivity index (χ2n) is 6.96. The molecule has 0 radical (unpaired) electrons. The number of hydrogen-bond acceptors (Lipinski definition) is 5. The van der Waals surface area contributed by atoms with Crippen LogP contribution in [0.5, 0.6) is 11.5 Å². The smallest absolute Gasteiger partial charge is 0.338 e. The third-order valence-electron chi connectivity index (χ3n) is 3.96. The van der Waals surface area contributed by atoms with Crippen LogP contribution in [0.4, 0.5) is 0 Å². The number of amides is 1. The Labute approximate surface area is 172 Å². The predicted octanol–water partition coefficient (Wildman–Crippen LogP) is 3.64. The van der Waals surface area contributed by atoms with Crippen LogP contribution in [0.1, 0.15) is 36.7 Å². The lowest BCUT2D eigenvalue weighted by atomic mass is 10.1. The minimum atomic E-state index is -0.584. The molecule has 0 aliphatic rings. The van der Waals surface area contributed by atoms with Gasteiger partial charge in [0.25, 0.3) is 5.91 Å². The zero-order valence-corrected chi connectivity index (χ0v) is 17.3. The minimum Gasteiger partial charge on any atom is -0.490 e. The van der Waals surface area contributed by atoms with Gasteiger partial charge in [-0.25, -0.2) is 4.79 Å². The zero-order chi connectivity index (χ0) is 21.1. The van der Waals surface area contributed by atoms with Gasteiger partial charge in [-0.15, -0.1) is 0 Å². The second-order valence-corrected chi connectivity index (χ2v) is 6.96. The quantitative estimate of drug-likeness (QED) is 0.584. The Kier molecular flexibility index (Phi) is 9.02. The molecule has 0 aromatic heterocycles. The number of nitrogens with one attached hydrogen (secondary N) is 1. The summed E-state index contributed by atoms with van der Waals surface area (Å²) in [5, 5.41) is 2.75. The highest BCUT2D eigenvalue weighted by Crippen LogP contribution is 2.29. The van der Waals surface area contributed by atoms with Crippen molar-refractivity contribution in [3.8, 4) is 11.5 Å². The van der Waals surface area contributed by atoms with Crippen molar-refractivity contribution in [1.29, 1.82) is 0 Å². The Morgan fingerprint density at radius 1 is 1.00 bits per heavy atom. The topological polar surface area (TPSA) is 73.9 Å². The summed E-state index contributed by atoms with van der Waals surface area (Å²) >= 11 is 0. The van der Waals surface area contributed by atoms with E-state index in [0.717, 1.165) is 12.0 Å². The summed E-state index contributed by atoms with van der Waals surface area (Å²) in [5.41, 5.74) is 1.44. The third kappa shape index (κ3) is 7.86. The van der Waals surface area contributed by atoms with E-state index in [9.17, 15) is 9.59 Å². The van der Waals surface area contributed by atoms with Gasteiger partial charge >= 0.3 is 5.97 Å². The van der Waals surface area contributed by atoms with Crippen molar-refractivity contribution in [2.45, 2.75) is 27.2 Å². The molecule has 0 aliphatic carbocycles. The predicted molar refractivity (Wildman–Crippen MR) is 111 cm³/mol. The summed E-state index contributed by atoms with van der Waals surface area (Å²) in [6.07, 6.45) is 0.718. The average molecular weight is 399 g/mol. The Morgan fingerprint density at radius 2 is 1.76 bits per heavy atom. The largest absolute Gasteiger partial charge is 0.490 e. The molecule has 0 saturated carbocycles. The first-order chi connectivity index (χ1) is 14.0. The Balaban J connectivity index is 1.84. The normalized spacial score (nSPS) is 10.5. The number of esters is 1. The molecule has 1 amide bonds. The SMILES string of the molecule is CCOc1cc(C(=O)OCC(=O)NCCc2ccccc2)ccc1OCC(C)C. The van der Waals surface area contributed by atoms with E-state index in [0.29, 0.717) is 42.7 Å². The van der Waals surface area contributed by atoms with Crippen LogP contribution in [0.3, 0.4) is 0 Å². The van der Waals surface area contributed by atoms with E-state index in [1.54, 1.807) is 18.2 Å². The average Bonchev–Trinajstić information content (AvgIpc) is 2.72. The minimum absolute atomic E-state index is 0.308. The van der Waals surface area contributed by atoms with Crippen molar-refractivity contribution < 1.29 is 23.8 Å². The summed E-state index contributed by atoms with van der Waals surface area (Å²) in [4.78, 5) is 24.2. The van der Waals surface area contributed by atoms with E-state index in [1.807, 2.05) is 37.3 Å². The first-order valence-corrected chi connectivity index (χ1v) is 9.87. The number of ether oxygens (including phenoxy) is 3. The molecular formula is C23H29NO5. The van der Waals surface area contributed by atoms with E-state index in [2.05, 4.69) is 19.2 Å². The zero-order valence-electron chi connectivity index (χ0n) is 17.3. The summed E-state index contributed by atoms with van der Waals surface area (Å²) in [5.74, 6) is 0.510. The maximum atomic E-state index is 12.3. The number of hydrogen-bond donors (Lipinski definition) is 1. The molecule has 0 heterocycles. The lowest BCUT2D eigenvalue weighted by molar-refractivity contribution is -0.124. The lowest BCUT2D eigenvalue weighted by Gasteiger charge is -2.14. The number of benzene rings is 2. The van der Waals surface area contributed by atoms with Gasteiger partial charge in [0.05, 0.1) is 18.8 Å². The molecule has 0 aliphatic heterocycles. The van der Waals surface area contributed by atoms with Crippen molar-refractivity contribution in [3.05, 3.63) is 59.7 Å². The number of carbonyl (C=O) groups is 2. The summed E-state index contributed by atoms with van der Waals surface area (Å²) in [7, 11) is 0. The molecule has 0 fully saturated rings. The van der Waals surface area contributed by atoms with Crippen LogP contribution in [0.2, 0.25) is 0 Å². The van der Waals surface area contributed by atoms with Gasteiger partial charge in [-0.1, -0.05) is 44.2 Å². The van der Waals surface area contributed by atoms with E-state index >= 15 is 0 Å². The molecule has 2 aromatic rings. The Hall–Kier alpha value is -3.02. The molecule has 6 heteroatoms. The molecule has 2 aromatic carbocycles. The third-order valence-corrected chi connectivity index (χ3v) is 3.96. The highest BCUT2D eigenvalue weighted by Gasteiger charge is 2.14. The van der Waals surface area contributed by atoms with Crippen LogP contribution in [0.25, 0.3) is 0 Å². The van der Waals surface area contributed by atoms with E-state index < -0.39 is 5.97 Å². The fraction of sp³-hybridized carbons (Fsp3) is 0.391. The maximum absolute atomic E-state index is 12.3. The standard InChI is InChI=1S/C23H29NO5/c1-4-27-21-14-19(10-11-20(21)28-15-17(2)3)23(26)29-16-22(25)24-13-12-18-8-6-5-7-9-18/h5-11,14,17H,4,12-13,15-16H2,1-3H3,(H,24,25). The van der Waals surface area contributed by atoms with Crippen molar-refractivity contribution in [1.82, 2.24) is 5.32 Å². The van der Waals surface area contributed by atoms with Crippen molar-refractivity contribution >= 4 is 11.9 Å². The first-order valence-electron chi connectivity index (χ1n) is 9.87. The maximum Gasteiger partial charge on any atom is 0.338 e. The van der Waals surface area contributed by atoms with Gasteiger partial charge in [0.15, 0.2) is 18.1 Å². The van der Waals surface area contributed by atoms with Crippen LogP contribution < -0.4 is 14.8 Å². The van der Waals surface area contributed by atoms with Gasteiger partial charge < -0.3 is 19.5 Å². The van der Waals surface area contributed by atoms with Gasteiger partial charge in [-0.3, -0.25) is 4.79 Å². The van der Waals surface area contributed by atoms with E-state index in [1.165, 1.54) is 0 Å². The number of rotatable bonds is 11. The van der Waals surface area contributed by atoms with Crippen LogP contribution in [0.15, 0.2) is 48.5 Å². The Morgan fingerprint density at radius 3 is 2.45 bits per heavy atom. The van der Waals surface area contributed by atoms with Crippen molar-refractivity contribution in [2.75, 3.05) is 26.4 Å². The molecule has 0 bridgehead atoms. The Bertz CT molecular complexity index is 789. The van der Waals surface area contributed by atoms with Crippen LogP contribution in [0, 0.1) is 5.92 Å². The molecule has 156 valence electrons. The van der Waals surface area contributed by atoms with Crippen molar-refractivity contribution in [2.24, 2.45) is 5.92 Å². The summed E-state index contributed by atoms with van der Waals surface area (Å²) < 4.78 is 16.4. The van der Waals surface area contributed by atoms with E-state index in [4.69, 9.17) is 14.2 Å². The molecule has 6 nitrogen and oxygen atoms in total. The number of carbonyl (C=O) groups excluding carboxylic acids is 2. The molecule has 1 N–H and O–H groups in total. The fourth-order valence-corrected chi connectivity index (χ4v) is 2.54. The fourth-order valence-electron chi connectivity index (χ4n) is 2.54. The van der Waals surface area contributed by atoms with Crippen molar-refractivity contribution in [3.63, 3.8) is 0 Å². The molecule has 0 saturated heterocycles. The molecule has 2 rings (SSSR count). The van der Waals surface area contributed by atoms with Gasteiger partial charge in [0.2, 0.25) is 0 Å². The van der Waals surface area contributed by atoms with Crippen LogP contribution in [-0.2, 0) is 16.0 Å². The van der Waals surface area contributed by atoms with Crippen LogP contribution >= 0.6 is 0 Å². The van der Waals surface area contributed by atoms with Gasteiger partial charge in [-0.05, 0) is 43.0 Å². The van der Waals surface area contributed by atoms with E-state index in [-0.39, 0.29) is 12.5 Å². The lowest BCUT2D eigenvalue weighted by Crippen LogP contribution is -2.30.